The van der Waals surface area contributed by atoms with Gasteiger partial charge in [-0.2, -0.15) is 0 Å². The number of ether oxygens (including phenoxy) is 2. The van der Waals surface area contributed by atoms with Crippen molar-refractivity contribution in [2.24, 2.45) is 46.3 Å². The summed E-state index contributed by atoms with van der Waals surface area (Å²) in [6.07, 6.45) is 16.6. The Kier molecular flexibility index (Phi) is 6.22. The Morgan fingerprint density at radius 1 is 1.18 bits per heavy atom. The van der Waals surface area contributed by atoms with Crippen LogP contribution in [0.2, 0.25) is 0 Å². The number of hydrogen-bond donors (Lipinski definition) is 0. The van der Waals surface area contributed by atoms with E-state index in [0.29, 0.717) is 35.4 Å². The van der Waals surface area contributed by atoms with Crippen molar-refractivity contribution in [2.45, 2.75) is 97.7 Å². The molecule has 2 bridgehead atoms. The van der Waals surface area contributed by atoms with Gasteiger partial charge in [-0.25, -0.2) is 0 Å². The first-order valence-electron chi connectivity index (χ1n) is 13.9. The standard InChI is InChI=1S/C30H46O3/c1-6-8-9-25-23-12-15-30(32-16-17-33-30)19-28(25,4)13-10-24-22(23)11-14-29(5)26(24)18-21(7-2)27(29)20(3)31/h7,11,21,23-27H,2,6,8-10,12-19H2,1,3-5H3/t21-,23?,24?,25?,26?,27?,28?,29+/m1/s1. The maximum atomic E-state index is 12.8. The van der Waals surface area contributed by atoms with Gasteiger partial charge in [0.05, 0.1) is 13.2 Å². The van der Waals surface area contributed by atoms with Gasteiger partial charge < -0.3 is 9.47 Å². The number of ketones is 1. The van der Waals surface area contributed by atoms with Crippen LogP contribution in [0.5, 0.6) is 0 Å². The molecule has 4 aliphatic carbocycles. The Morgan fingerprint density at radius 2 is 1.91 bits per heavy atom. The van der Waals surface area contributed by atoms with Gasteiger partial charge in [0.15, 0.2) is 5.79 Å². The van der Waals surface area contributed by atoms with Crippen molar-refractivity contribution in [2.75, 3.05) is 13.2 Å². The van der Waals surface area contributed by atoms with Gasteiger partial charge in [0, 0.05) is 18.8 Å². The highest BCUT2D eigenvalue weighted by Crippen LogP contribution is 2.66. The molecule has 1 aliphatic heterocycles. The average Bonchev–Trinajstić information content (AvgIpc) is 3.29. The molecular formula is C30H46O3. The molecule has 1 saturated heterocycles. The lowest BCUT2D eigenvalue weighted by Crippen LogP contribution is -2.41. The molecule has 6 unspecified atom stereocenters. The second-order valence-corrected chi connectivity index (χ2v) is 12.7. The van der Waals surface area contributed by atoms with Crippen LogP contribution >= 0.6 is 0 Å². The van der Waals surface area contributed by atoms with Crippen LogP contribution in [0.15, 0.2) is 24.3 Å². The minimum absolute atomic E-state index is 0.0894. The van der Waals surface area contributed by atoms with Crippen LogP contribution in [0.3, 0.4) is 0 Å². The van der Waals surface area contributed by atoms with Crippen molar-refractivity contribution in [3.05, 3.63) is 24.3 Å². The van der Waals surface area contributed by atoms with E-state index in [1.54, 1.807) is 5.57 Å². The predicted octanol–water partition coefficient (Wildman–Crippen LogP) is 7.12. The van der Waals surface area contributed by atoms with Crippen LogP contribution in [-0.4, -0.2) is 24.8 Å². The molecule has 0 aromatic rings. The lowest BCUT2D eigenvalue weighted by atomic mass is 9.58. The molecule has 0 N–H and O–H groups in total. The third-order valence-corrected chi connectivity index (χ3v) is 11.0. The van der Waals surface area contributed by atoms with Crippen LogP contribution < -0.4 is 0 Å². The molecule has 33 heavy (non-hydrogen) atoms. The smallest absolute Gasteiger partial charge is 0.169 e. The fraction of sp³-hybridized carbons (Fsp3) is 0.833. The maximum absolute atomic E-state index is 12.8. The number of carbonyl (C=O) groups is 1. The zero-order valence-corrected chi connectivity index (χ0v) is 21.5. The van der Waals surface area contributed by atoms with Gasteiger partial charge in [-0.15, -0.1) is 6.58 Å². The van der Waals surface area contributed by atoms with Crippen LogP contribution in [-0.2, 0) is 14.3 Å². The fourth-order valence-corrected chi connectivity index (χ4v) is 9.61. The summed E-state index contributed by atoms with van der Waals surface area (Å²) in [5, 5.41) is 0. The molecule has 8 atom stereocenters. The Balaban J connectivity index is 1.54. The van der Waals surface area contributed by atoms with Crippen LogP contribution in [0.1, 0.15) is 91.9 Å². The number of hydrogen-bond acceptors (Lipinski definition) is 3. The minimum atomic E-state index is -0.342. The molecule has 5 aliphatic rings. The maximum Gasteiger partial charge on any atom is 0.169 e. The summed E-state index contributed by atoms with van der Waals surface area (Å²) in [6, 6.07) is 0. The summed E-state index contributed by atoms with van der Waals surface area (Å²) >= 11 is 0. The molecule has 3 nitrogen and oxygen atoms in total. The lowest BCUT2D eigenvalue weighted by molar-refractivity contribution is -0.184. The number of rotatable bonds is 5. The molecule has 0 amide bonds. The average molecular weight is 455 g/mol. The number of carbonyl (C=O) groups excluding carboxylic acids is 1. The first-order valence-corrected chi connectivity index (χ1v) is 13.9. The molecular weight excluding hydrogens is 408 g/mol. The molecule has 1 spiro atoms. The number of unbranched alkanes of at least 4 members (excludes halogenated alkanes) is 1. The highest BCUT2D eigenvalue weighted by molar-refractivity contribution is 5.80. The van der Waals surface area contributed by atoms with E-state index in [1.807, 2.05) is 6.92 Å². The molecule has 0 aromatic carbocycles. The SMILES string of the molecule is C=C[C@@H]1CC2C3CCC4(C)CC5(CCC(C3=CC[C@]2(C)C1C(C)=O)C4CCCC)OCCO5. The van der Waals surface area contributed by atoms with Gasteiger partial charge in [-0.3, -0.25) is 4.79 Å². The van der Waals surface area contributed by atoms with E-state index >= 15 is 0 Å². The Labute approximate surface area is 201 Å². The van der Waals surface area contributed by atoms with E-state index in [1.165, 1.54) is 38.5 Å². The van der Waals surface area contributed by atoms with Crippen molar-refractivity contribution in [3.8, 4) is 0 Å². The van der Waals surface area contributed by atoms with Gasteiger partial charge in [0.25, 0.3) is 0 Å². The van der Waals surface area contributed by atoms with Crippen molar-refractivity contribution in [1.82, 2.24) is 0 Å². The minimum Gasteiger partial charge on any atom is -0.348 e. The Bertz CT molecular complexity index is 807. The molecule has 4 fully saturated rings. The van der Waals surface area contributed by atoms with Gasteiger partial charge in [-0.05, 0) is 85.9 Å². The summed E-state index contributed by atoms with van der Waals surface area (Å²) in [4.78, 5) is 12.8. The second-order valence-electron chi connectivity index (χ2n) is 12.7. The van der Waals surface area contributed by atoms with E-state index in [2.05, 4.69) is 39.5 Å². The third kappa shape index (κ3) is 3.71. The molecule has 0 aromatic heterocycles. The van der Waals surface area contributed by atoms with Gasteiger partial charge in [0.2, 0.25) is 0 Å². The van der Waals surface area contributed by atoms with Gasteiger partial charge in [-0.1, -0.05) is 51.3 Å². The van der Waals surface area contributed by atoms with Crippen LogP contribution in [0, 0.1) is 46.3 Å². The Hall–Kier alpha value is -0.930. The highest BCUT2D eigenvalue weighted by Gasteiger charge is 2.60. The van der Waals surface area contributed by atoms with Crippen LogP contribution in [0.4, 0.5) is 0 Å². The number of fused-ring (bicyclic) bond motifs is 6. The zero-order valence-electron chi connectivity index (χ0n) is 21.5. The van der Waals surface area contributed by atoms with E-state index in [4.69, 9.17) is 9.47 Å². The van der Waals surface area contributed by atoms with Crippen molar-refractivity contribution < 1.29 is 14.3 Å². The normalized spacial score (nSPS) is 46.1. The van der Waals surface area contributed by atoms with Gasteiger partial charge >= 0.3 is 0 Å². The summed E-state index contributed by atoms with van der Waals surface area (Å²) in [5.41, 5.74) is 2.10. The predicted molar refractivity (Wildman–Crippen MR) is 133 cm³/mol. The van der Waals surface area contributed by atoms with E-state index in [-0.39, 0.29) is 22.5 Å². The number of allylic oxidation sites excluding steroid dienone is 3. The van der Waals surface area contributed by atoms with E-state index in [9.17, 15) is 4.79 Å². The molecule has 5 rings (SSSR count). The summed E-state index contributed by atoms with van der Waals surface area (Å²) in [6.45, 7) is 14.8. The van der Waals surface area contributed by atoms with E-state index in [0.717, 1.165) is 38.9 Å². The fourth-order valence-electron chi connectivity index (χ4n) is 9.61. The zero-order chi connectivity index (χ0) is 23.4. The third-order valence-electron chi connectivity index (χ3n) is 11.0. The van der Waals surface area contributed by atoms with Crippen molar-refractivity contribution >= 4 is 5.78 Å². The first kappa shape index (κ1) is 23.8. The van der Waals surface area contributed by atoms with E-state index < -0.39 is 0 Å². The lowest BCUT2D eigenvalue weighted by Gasteiger charge is -2.46. The Morgan fingerprint density at radius 3 is 2.58 bits per heavy atom. The highest BCUT2D eigenvalue weighted by atomic mass is 16.7. The largest absolute Gasteiger partial charge is 0.348 e. The molecule has 0 radical (unpaired) electrons. The summed E-state index contributed by atoms with van der Waals surface area (Å²) in [5.74, 6) is 3.10. The van der Waals surface area contributed by atoms with Crippen molar-refractivity contribution in [3.63, 3.8) is 0 Å². The number of Topliss-reactive ketones (excluding diaryl/α,β-unsaturated/α-hetero) is 1. The summed E-state index contributed by atoms with van der Waals surface area (Å²) in [7, 11) is 0. The van der Waals surface area contributed by atoms with Crippen molar-refractivity contribution in [1.29, 1.82) is 0 Å². The second kappa shape index (κ2) is 8.63. The molecule has 1 heterocycles. The molecule has 184 valence electrons. The molecule has 3 saturated carbocycles. The first-order chi connectivity index (χ1) is 15.8. The van der Waals surface area contributed by atoms with Crippen LogP contribution in [0.25, 0.3) is 0 Å². The topological polar surface area (TPSA) is 35.5 Å². The monoisotopic (exact) mass is 454 g/mol. The molecule has 3 heteroatoms. The summed E-state index contributed by atoms with van der Waals surface area (Å²) < 4.78 is 12.7. The quantitative estimate of drug-likeness (QED) is 0.415. The van der Waals surface area contributed by atoms with Gasteiger partial charge in [0.1, 0.15) is 5.78 Å².